The normalized spacial score (nSPS) is 33.6. The molecule has 0 amide bonds. The van der Waals surface area contributed by atoms with Gasteiger partial charge in [0.15, 0.2) is 0 Å². The molecule has 1 aliphatic carbocycles. The van der Waals surface area contributed by atoms with E-state index < -0.39 is 0 Å². The number of benzene rings is 1. The number of piperidine rings is 1. The van der Waals surface area contributed by atoms with Crippen LogP contribution in [-0.2, 0) is 5.41 Å². The van der Waals surface area contributed by atoms with Gasteiger partial charge in [-0.1, -0.05) is 29.3 Å². The van der Waals surface area contributed by atoms with E-state index >= 15 is 0 Å². The van der Waals surface area contributed by atoms with Crippen LogP contribution < -0.4 is 5.32 Å². The molecule has 1 saturated heterocycles. The molecule has 15 heavy (non-hydrogen) atoms. The Balaban J connectivity index is 1.96. The first-order valence-corrected chi connectivity index (χ1v) is 6.14. The summed E-state index contributed by atoms with van der Waals surface area (Å²) in [5.74, 6) is 0.857. The predicted octanol–water partition coefficient (Wildman–Crippen LogP) is 3.24. The summed E-state index contributed by atoms with van der Waals surface area (Å²) >= 11 is 12.0. The fraction of sp³-hybridized carbons (Fsp3) is 0.500. The zero-order valence-electron chi connectivity index (χ0n) is 8.39. The van der Waals surface area contributed by atoms with Gasteiger partial charge in [0.25, 0.3) is 0 Å². The molecular weight excluding hydrogens is 229 g/mol. The molecule has 2 aliphatic rings. The summed E-state index contributed by atoms with van der Waals surface area (Å²) in [6.07, 6.45) is 2.60. The summed E-state index contributed by atoms with van der Waals surface area (Å²) in [5, 5.41) is 4.80. The zero-order valence-corrected chi connectivity index (χ0v) is 9.91. The highest BCUT2D eigenvalue weighted by atomic mass is 35.5. The van der Waals surface area contributed by atoms with E-state index in [2.05, 4.69) is 11.4 Å². The topological polar surface area (TPSA) is 12.0 Å². The molecule has 0 radical (unpaired) electrons. The lowest BCUT2D eigenvalue weighted by Gasteiger charge is -2.23. The van der Waals surface area contributed by atoms with E-state index in [1.807, 2.05) is 12.1 Å². The molecular formula is C12H13Cl2N. The van der Waals surface area contributed by atoms with Gasteiger partial charge in [-0.2, -0.15) is 0 Å². The van der Waals surface area contributed by atoms with Gasteiger partial charge in [0.05, 0.1) is 10.0 Å². The van der Waals surface area contributed by atoms with Crippen LogP contribution in [0.1, 0.15) is 18.4 Å². The Morgan fingerprint density at radius 2 is 2.13 bits per heavy atom. The summed E-state index contributed by atoms with van der Waals surface area (Å²) in [5.41, 5.74) is 1.72. The smallest absolute Gasteiger partial charge is 0.0595 e. The molecule has 1 heterocycles. The molecule has 1 N–H and O–H groups in total. The van der Waals surface area contributed by atoms with Crippen LogP contribution in [0.2, 0.25) is 10.0 Å². The Labute approximate surface area is 99.8 Å². The highest BCUT2D eigenvalue weighted by Crippen LogP contribution is 2.57. The fourth-order valence-electron chi connectivity index (χ4n) is 2.82. The van der Waals surface area contributed by atoms with Crippen LogP contribution in [0.25, 0.3) is 0 Å². The Morgan fingerprint density at radius 3 is 2.87 bits per heavy atom. The zero-order chi connectivity index (χ0) is 10.5. The Bertz CT molecular complexity index is 405. The lowest BCUT2D eigenvalue weighted by atomic mass is 9.90. The van der Waals surface area contributed by atoms with Crippen molar-refractivity contribution in [3.8, 4) is 0 Å². The van der Waals surface area contributed by atoms with Crippen molar-refractivity contribution in [2.75, 3.05) is 13.1 Å². The number of rotatable bonds is 1. The van der Waals surface area contributed by atoms with Crippen LogP contribution >= 0.6 is 23.2 Å². The minimum atomic E-state index is 0.368. The van der Waals surface area contributed by atoms with Gasteiger partial charge < -0.3 is 5.32 Å². The van der Waals surface area contributed by atoms with Crippen LogP contribution in [0.3, 0.4) is 0 Å². The predicted molar refractivity (Wildman–Crippen MR) is 63.7 cm³/mol. The number of halogens is 2. The lowest BCUT2D eigenvalue weighted by Crippen LogP contribution is -2.34. The standard InChI is InChI=1S/C12H13Cl2N/c13-10-2-1-8(5-11(10)14)12-6-9(12)3-4-15-7-12/h1-2,5,9,15H,3-4,6-7H2/t9-,12+/m1/s1. The van der Waals surface area contributed by atoms with Crippen LogP contribution in [0.15, 0.2) is 18.2 Å². The van der Waals surface area contributed by atoms with E-state index in [9.17, 15) is 0 Å². The molecule has 2 fully saturated rings. The maximum Gasteiger partial charge on any atom is 0.0595 e. The van der Waals surface area contributed by atoms with Crippen LogP contribution in [0.5, 0.6) is 0 Å². The van der Waals surface area contributed by atoms with Crippen molar-refractivity contribution in [3.05, 3.63) is 33.8 Å². The minimum absolute atomic E-state index is 0.368. The van der Waals surface area contributed by atoms with Crippen LogP contribution in [0.4, 0.5) is 0 Å². The molecule has 0 unspecified atom stereocenters. The molecule has 80 valence electrons. The van der Waals surface area contributed by atoms with Gasteiger partial charge in [-0.3, -0.25) is 0 Å². The molecule has 1 aromatic carbocycles. The quantitative estimate of drug-likeness (QED) is 0.797. The Morgan fingerprint density at radius 1 is 1.27 bits per heavy atom. The molecule has 3 heteroatoms. The molecule has 2 atom stereocenters. The lowest BCUT2D eigenvalue weighted by molar-refractivity contribution is 0.447. The summed E-state index contributed by atoms with van der Waals surface area (Å²) < 4.78 is 0. The first kappa shape index (κ1) is 9.95. The molecule has 1 saturated carbocycles. The summed E-state index contributed by atoms with van der Waals surface area (Å²) in [6.45, 7) is 2.25. The minimum Gasteiger partial charge on any atom is -0.316 e. The maximum atomic E-state index is 6.06. The Kier molecular flexibility index (Phi) is 2.24. The van der Waals surface area contributed by atoms with Crippen molar-refractivity contribution in [2.45, 2.75) is 18.3 Å². The molecule has 1 aliphatic heterocycles. The largest absolute Gasteiger partial charge is 0.316 e. The number of nitrogens with one attached hydrogen (secondary N) is 1. The van der Waals surface area contributed by atoms with E-state index in [0.717, 1.165) is 19.0 Å². The van der Waals surface area contributed by atoms with Crippen molar-refractivity contribution in [1.82, 2.24) is 5.32 Å². The molecule has 0 bridgehead atoms. The highest BCUT2D eigenvalue weighted by molar-refractivity contribution is 6.42. The van der Waals surface area contributed by atoms with Crippen molar-refractivity contribution in [2.24, 2.45) is 5.92 Å². The molecule has 0 spiro atoms. The maximum absolute atomic E-state index is 6.06. The average Bonchev–Trinajstić information content (AvgIpc) is 2.97. The van der Waals surface area contributed by atoms with Gasteiger partial charge in [-0.25, -0.2) is 0 Å². The van der Waals surface area contributed by atoms with Crippen LogP contribution in [-0.4, -0.2) is 13.1 Å². The molecule has 0 aromatic heterocycles. The van der Waals surface area contributed by atoms with Gasteiger partial charge in [-0.15, -0.1) is 0 Å². The van der Waals surface area contributed by atoms with Crippen molar-refractivity contribution in [3.63, 3.8) is 0 Å². The van der Waals surface area contributed by atoms with E-state index in [1.54, 1.807) is 0 Å². The number of hydrogen-bond donors (Lipinski definition) is 1. The van der Waals surface area contributed by atoms with Gasteiger partial charge in [0, 0.05) is 12.0 Å². The van der Waals surface area contributed by atoms with Crippen molar-refractivity contribution >= 4 is 23.2 Å². The first-order valence-electron chi connectivity index (χ1n) is 5.39. The summed E-state index contributed by atoms with van der Waals surface area (Å²) in [7, 11) is 0. The third-order valence-corrected chi connectivity index (χ3v) is 4.58. The van der Waals surface area contributed by atoms with Gasteiger partial charge in [0.2, 0.25) is 0 Å². The summed E-state index contributed by atoms with van der Waals surface area (Å²) in [6, 6.07) is 6.08. The monoisotopic (exact) mass is 241 g/mol. The summed E-state index contributed by atoms with van der Waals surface area (Å²) in [4.78, 5) is 0. The third-order valence-electron chi connectivity index (χ3n) is 3.84. The number of hydrogen-bond acceptors (Lipinski definition) is 1. The number of fused-ring (bicyclic) bond motifs is 1. The second-order valence-electron chi connectivity index (χ2n) is 4.65. The van der Waals surface area contributed by atoms with E-state index in [1.165, 1.54) is 18.4 Å². The second kappa shape index (κ2) is 3.38. The van der Waals surface area contributed by atoms with Gasteiger partial charge in [-0.05, 0) is 43.0 Å². The van der Waals surface area contributed by atoms with Gasteiger partial charge in [0.1, 0.15) is 0 Å². The van der Waals surface area contributed by atoms with E-state index in [4.69, 9.17) is 23.2 Å². The van der Waals surface area contributed by atoms with Crippen LogP contribution in [0, 0.1) is 5.92 Å². The van der Waals surface area contributed by atoms with Crippen molar-refractivity contribution in [1.29, 1.82) is 0 Å². The van der Waals surface area contributed by atoms with E-state index in [-0.39, 0.29) is 0 Å². The van der Waals surface area contributed by atoms with Gasteiger partial charge >= 0.3 is 0 Å². The van der Waals surface area contributed by atoms with Crippen molar-refractivity contribution < 1.29 is 0 Å². The first-order chi connectivity index (χ1) is 7.22. The molecule has 1 nitrogen and oxygen atoms in total. The second-order valence-corrected chi connectivity index (χ2v) is 5.47. The Hall–Kier alpha value is -0.240. The SMILES string of the molecule is Clc1ccc([C@]23CNCC[C@@H]2C3)cc1Cl. The average molecular weight is 242 g/mol. The highest BCUT2D eigenvalue weighted by Gasteiger charge is 2.55. The molecule has 1 aromatic rings. The third kappa shape index (κ3) is 1.49. The fourth-order valence-corrected chi connectivity index (χ4v) is 3.12. The van der Waals surface area contributed by atoms with E-state index in [0.29, 0.717) is 15.5 Å². The molecule has 3 rings (SSSR count).